The molecular weight excluding hydrogens is 374 g/mol. The highest BCUT2D eigenvalue weighted by atomic mass is 16.6. The Balaban J connectivity index is 1.57. The molecule has 0 spiro atoms. The average molecular weight is 399 g/mol. The topological polar surface area (TPSA) is 102 Å². The number of nitrogens with zero attached hydrogens (tertiary/aromatic N) is 5. The number of nitro benzene ring substituents is 1. The van der Waals surface area contributed by atoms with Gasteiger partial charge >= 0.3 is 5.69 Å². The van der Waals surface area contributed by atoms with Gasteiger partial charge in [-0.15, -0.1) is 0 Å². The second kappa shape index (κ2) is 8.85. The Labute approximate surface area is 169 Å². The molecule has 0 atom stereocenters. The van der Waals surface area contributed by atoms with Gasteiger partial charge in [0.25, 0.3) is 5.91 Å². The third-order valence-corrected chi connectivity index (χ3v) is 4.74. The molecule has 0 saturated carbocycles. The van der Waals surface area contributed by atoms with Gasteiger partial charge in [0.15, 0.2) is 12.4 Å². The van der Waals surface area contributed by atoms with Gasteiger partial charge in [-0.1, -0.05) is 26.0 Å². The number of amides is 1. The molecule has 1 aliphatic heterocycles. The maximum Gasteiger partial charge on any atom is 0.310 e. The summed E-state index contributed by atoms with van der Waals surface area (Å²) in [6.07, 6.45) is 0. The molecule has 2 heterocycles. The minimum absolute atomic E-state index is 0.0992. The van der Waals surface area contributed by atoms with Crippen molar-refractivity contribution in [1.29, 1.82) is 0 Å². The van der Waals surface area contributed by atoms with Crippen LogP contribution < -0.4 is 9.64 Å². The predicted molar refractivity (Wildman–Crippen MR) is 108 cm³/mol. The van der Waals surface area contributed by atoms with Gasteiger partial charge in [0, 0.05) is 49.9 Å². The molecule has 1 aliphatic rings. The van der Waals surface area contributed by atoms with E-state index in [1.807, 2.05) is 13.0 Å². The second-order valence-corrected chi connectivity index (χ2v) is 7.26. The van der Waals surface area contributed by atoms with E-state index in [4.69, 9.17) is 4.74 Å². The standard InChI is InChI=1S/C20H25N5O4/c1-14(2)20-21-15(3)12-18(22-20)23-8-10-24(11-9-23)19(26)13-29-17-7-5-4-6-16(17)25(27)28/h4-7,12,14H,8-11,13H2,1-3H3. The lowest BCUT2D eigenvalue weighted by atomic mass is 10.2. The van der Waals surface area contributed by atoms with Crippen molar-refractivity contribution in [1.82, 2.24) is 14.9 Å². The molecule has 1 saturated heterocycles. The normalized spacial score (nSPS) is 14.2. The molecule has 1 amide bonds. The molecule has 9 nitrogen and oxygen atoms in total. The van der Waals surface area contributed by atoms with E-state index in [2.05, 4.69) is 28.7 Å². The maximum absolute atomic E-state index is 12.5. The highest BCUT2D eigenvalue weighted by Crippen LogP contribution is 2.26. The molecule has 0 unspecified atom stereocenters. The van der Waals surface area contributed by atoms with E-state index in [0.717, 1.165) is 17.3 Å². The minimum atomic E-state index is -0.520. The maximum atomic E-state index is 12.5. The summed E-state index contributed by atoms with van der Waals surface area (Å²) >= 11 is 0. The van der Waals surface area contributed by atoms with Gasteiger partial charge in [-0.3, -0.25) is 14.9 Å². The Kier molecular flexibility index (Phi) is 6.26. The van der Waals surface area contributed by atoms with Gasteiger partial charge in [0.2, 0.25) is 0 Å². The SMILES string of the molecule is Cc1cc(N2CCN(C(=O)COc3ccccc3[N+](=O)[O-])CC2)nc(C(C)C)n1. The highest BCUT2D eigenvalue weighted by Gasteiger charge is 2.24. The Hall–Kier alpha value is -3.23. The largest absolute Gasteiger partial charge is 0.477 e. The molecule has 0 radical (unpaired) electrons. The number of nitro groups is 1. The number of anilines is 1. The molecule has 154 valence electrons. The third kappa shape index (κ3) is 4.98. The Bertz CT molecular complexity index is 894. The third-order valence-electron chi connectivity index (χ3n) is 4.74. The summed E-state index contributed by atoms with van der Waals surface area (Å²) in [7, 11) is 0. The molecule has 0 aliphatic carbocycles. The van der Waals surface area contributed by atoms with E-state index in [1.165, 1.54) is 12.1 Å². The van der Waals surface area contributed by atoms with Crippen LogP contribution >= 0.6 is 0 Å². The van der Waals surface area contributed by atoms with Crippen LogP contribution in [0.5, 0.6) is 5.75 Å². The van der Waals surface area contributed by atoms with Gasteiger partial charge in [0.05, 0.1) is 4.92 Å². The van der Waals surface area contributed by atoms with E-state index in [0.29, 0.717) is 26.2 Å². The van der Waals surface area contributed by atoms with Crippen molar-refractivity contribution in [3.05, 3.63) is 52.0 Å². The van der Waals surface area contributed by atoms with E-state index in [1.54, 1.807) is 17.0 Å². The summed E-state index contributed by atoms with van der Waals surface area (Å²) in [5.74, 6) is 1.85. The number of aryl methyl sites for hydroxylation is 1. The number of benzene rings is 1. The molecule has 0 bridgehead atoms. The minimum Gasteiger partial charge on any atom is -0.477 e. The van der Waals surface area contributed by atoms with Crippen LogP contribution in [-0.4, -0.2) is 58.5 Å². The Morgan fingerprint density at radius 1 is 1.21 bits per heavy atom. The van der Waals surface area contributed by atoms with Gasteiger partial charge in [-0.25, -0.2) is 9.97 Å². The van der Waals surface area contributed by atoms with Crippen LogP contribution in [0, 0.1) is 17.0 Å². The lowest BCUT2D eigenvalue weighted by molar-refractivity contribution is -0.385. The van der Waals surface area contributed by atoms with Crippen molar-refractivity contribution in [2.75, 3.05) is 37.7 Å². The summed E-state index contributed by atoms with van der Waals surface area (Å²) in [5.41, 5.74) is 0.778. The lowest BCUT2D eigenvalue weighted by Gasteiger charge is -2.35. The number of ether oxygens (including phenoxy) is 1. The van der Waals surface area contributed by atoms with Crippen LogP contribution in [0.4, 0.5) is 11.5 Å². The van der Waals surface area contributed by atoms with Crippen molar-refractivity contribution >= 4 is 17.4 Å². The second-order valence-electron chi connectivity index (χ2n) is 7.26. The molecule has 9 heteroatoms. The molecule has 3 rings (SSSR count). The van der Waals surface area contributed by atoms with E-state index in [-0.39, 0.29) is 29.9 Å². The lowest BCUT2D eigenvalue weighted by Crippen LogP contribution is -2.50. The summed E-state index contributed by atoms with van der Waals surface area (Å²) in [5, 5.41) is 11.0. The molecule has 2 aromatic rings. The van der Waals surface area contributed by atoms with Crippen molar-refractivity contribution in [2.45, 2.75) is 26.7 Å². The Morgan fingerprint density at radius 3 is 2.55 bits per heavy atom. The van der Waals surface area contributed by atoms with Crippen LogP contribution in [0.3, 0.4) is 0 Å². The summed E-state index contributed by atoms with van der Waals surface area (Å²) in [6, 6.07) is 8.01. The fourth-order valence-electron chi connectivity index (χ4n) is 3.14. The number of carbonyl (C=O) groups excluding carboxylic acids is 1. The van der Waals surface area contributed by atoms with Crippen molar-refractivity contribution < 1.29 is 14.5 Å². The van der Waals surface area contributed by atoms with Gasteiger partial charge < -0.3 is 14.5 Å². The fraction of sp³-hybridized carbons (Fsp3) is 0.450. The monoisotopic (exact) mass is 399 g/mol. The number of para-hydroxylation sites is 2. The van der Waals surface area contributed by atoms with Crippen molar-refractivity contribution in [3.63, 3.8) is 0 Å². The number of rotatable bonds is 6. The van der Waals surface area contributed by atoms with Crippen LogP contribution in [0.1, 0.15) is 31.3 Å². The van der Waals surface area contributed by atoms with Crippen LogP contribution in [-0.2, 0) is 4.79 Å². The predicted octanol–water partition coefficient (Wildman–Crippen LogP) is 2.54. The first-order valence-corrected chi connectivity index (χ1v) is 9.59. The van der Waals surface area contributed by atoms with E-state index >= 15 is 0 Å². The molecule has 1 fully saturated rings. The molecule has 29 heavy (non-hydrogen) atoms. The summed E-state index contributed by atoms with van der Waals surface area (Å²) in [6.45, 7) is 8.25. The van der Waals surface area contributed by atoms with Gasteiger partial charge in [0.1, 0.15) is 11.6 Å². The van der Waals surface area contributed by atoms with E-state index in [9.17, 15) is 14.9 Å². The van der Waals surface area contributed by atoms with Gasteiger partial charge in [-0.05, 0) is 13.0 Å². The quantitative estimate of drug-likeness (QED) is 0.543. The molecule has 0 N–H and O–H groups in total. The number of aromatic nitrogens is 2. The van der Waals surface area contributed by atoms with Gasteiger partial charge in [-0.2, -0.15) is 0 Å². The first-order valence-electron chi connectivity index (χ1n) is 9.59. The zero-order valence-electron chi connectivity index (χ0n) is 16.9. The van der Waals surface area contributed by atoms with Crippen LogP contribution in [0.25, 0.3) is 0 Å². The zero-order valence-corrected chi connectivity index (χ0v) is 16.9. The first-order chi connectivity index (χ1) is 13.8. The van der Waals surface area contributed by atoms with Crippen molar-refractivity contribution in [2.24, 2.45) is 0 Å². The van der Waals surface area contributed by atoms with E-state index < -0.39 is 4.92 Å². The molecule has 1 aromatic carbocycles. The van der Waals surface area contributed by atoms with Crippen LogP contribution in [0.2, 0.25) is 0 Å². The summed E-state index contributed by atoms with van der Waals surface area (Å²) in [4.78, 5) is 36.0. The summed E-state index contributed by atoms with van der Waals surface area (Å²) < 4.78 is 5.42. The first kappa shape index (κ1) is 20.5. The fourth-order valence-corrected chi connectivity index (χ4v) is 3.14. The number of carbonyl (C=O) groups is 1. The number of piperazine rings is 1. The number of hydrogen-bond acceptors (Lipinski definition) is 7. The highest BCUT2D eigenvalue weighted by molar-refractivity contribution is 5.78. The Morgan fingerprint density at radius 2 is 1.90 bits per heavy atom. The number of hydrogen-bond donors (Lipinski definition) is 0. The molecular formula is C20H25N5O4. The van der Waals surface area contributed by atoms with Crippen LogP contribution in [0.15, 0.2) is 30.3 Å². The van der Waals surface area contributed by atoms with Crippen molar-refractivity contribution in [3.8, 4) is 5.75 Å². The smallest absolute Gasteiger partial charge is 0.310 e. The zero-order chi connectivity index (χ0) is 21.0. The molecule has 1 aromatic heterocycles. The average Bonchev–Trinajstić information content (AvgIpc) is 2.71.